The molecule has 6 heteroatoms. The summed E-state index contributed by atoms with van der Waals surface area (Å²) in [6.45, 7) is 2.01. The summed E-state index contributed by atoms with van der Waals surface area (Å²) in [6.07, 6.45) is 4.59. The lowest BCUT2D eigenvalue weighted by Gasteiger charge is -2.35. The first-order valence-electron chi connectivity index (χ1n) is 7.93. The number of nitrogens with zero attached hydrogens (tertiary/aromatic N) is 1. The van der Waals surface area contributed by atoms with Crippen LogP contribution in [0, 0.1) is 6.92 Å². The smallest absolute Gasteiger partial charge is 0.260 e. The van der Waals surface area contributed by atoms with Crippen molar-refractivity contribution < 1.29 is 9.53 Å². The standard InChI is InChI=1S/C17H23ClN2O2.ClH/c1-11-7-12(18)3-6-16(11)22-10-17(21)20(2)15-8-13-4-5-14(9-15)19-13;/h3,6-7,13-15,19H,4-5,8-10H2,1-2H3;1H. The van der Waals surface area contributed by atoms with E-state index in [0.29, 0.717) is 23.1 Å². The molecule has 0 saturated carbocycles. The average Bonchev–Trinajstić information content (AvgIpc) is 2.83. The van der Waals surface area contributed by atoms with E-state index in [2.05, 4.69) is 5.32 Å². The highest BCUT2D eigenvalue weighted by atomic mass is 35.5. The topological polar surface area (TPSA) is 41.6 Å². The molecular weight excluding hydrogens is 335 g/mol. The van der Waals surface area contributed by atoms with Crippen LogP contribution in [0.5, 0.6) is 5.75 Å². The molecular formula is C17H24Cl2N2O2. The number of halogens is 2. The Balaban J connectivity index is 0.00000192. The fourth-order valence-electron chi connectivity index (χ4n) is 3.56. The van der Waals surface area contributed by atoms with Crippen LogP contribution in [0.1, 0.15) is 31.2 Å². The first-order chi connectivity index (χ1) is 10.5. The van der Waals surface area contributed by atoms with Gasteiger partial charge in [0.05, 0.1) is 0 Å². The van der Waals surface area contributed by atoms with Gasteiger partial charge in [0.2, 0.25) is 0 Å². The number of benzene rings is 1. The Morgan fingerprint density at radius 2 is 2.00 bits per heavy atom. The molecule has 0 radical (unpaired) electrons. The molecule has 1 N–H and O–H groups in total. The minimum atomic E-state index is 0. The third-order valence-corrected chi connectivity index (χ3v) is 5.11. The number of carbonyl (C=O) groups excluding carboxylic acids is 1. The van der Waals surface area contributed by atoms with Gasteiger partial charge in [-0.05, 0) is 56.4 Å². The molecule has 0 aliphatic carbocycles. The van der Waals surface area contributed by atoms with Crippen molar-refractivity contribution in [2.24, 2.45) is 0 Å². The molecule has 2 fully saturated rings. The summed E-state index contributed by atoms with van der Waals surface area (Å²) in [4.78, 5) is 14.3. The molecule has 2 bridgehead atoms. The molecule has 2 aliphatic heterocycles. The zero-order chi connectivity index (χ0) is 15.7. The van der Waals surface area contributed by atoms with Gasteiger partial charge >= 0.3 is 0 Å². The molecule has 2 unspecified atom stereocenters. The van der Waals surface area contributed by atoms with Gasteiger partial charge in [0, 0.05) is 30.2 Å². The van der Waals surface area contributed by atoms with Gasteiger partial charge in [0.15, 0.2) is 6.61 Å². The molecule has 4 nitrogen and oxygen atoms in total. The maximum absolute atomic E-state index is 12.4. The molecule has 128 valence electrons. The van der Waals surface area contributed by atoms with Crippen molar-refractivity contribution in [3.05, 3.63) is 28.8 Å². The van der Waals surface area contributed by atoms with Crippen LogP contribution < -0.4 is 10.1 Å². The summed E-state index contributed by atoms with van der Waals surface area (Å²) >= 11 is 5.93. The van der Waals surface area contributed by atoms with Crippen LogP contribution in [0.3, 0.4) is 0 Å². The van der Waals surface area contributed by atoms with E-state index in [9.17, 15) is 4.79 Å². The molecule has 23 heavy (non-hydrogen) atoms. The highest BCUT2D eigenvalue weighted by molar-refractivity contribution is 6.30. The lowest BCUT2D eigenvalue weighted by atomic mass is 9.98. The maximum Gasteiger partial charge on any atom is 0.260 e. The van der Waals surface area contributed by atoms with Crippen molar-refractivity contribution in [2.75, 3.05) is 13.7 Å². The highest BCUT2D eigenvalue weighted by Crippen LogP contribution is 2.29. The number of likely N-dealkylation sites (N-methyl/N-ethyl adjacent to an activating group) is 1. The molecule has 2 aliphatic rings. The van der Waals surface area contributed by atoms with Gasteiger partial charge in [0.1, 0.15) is 5.75 Å². The first-order valence-corrected chi connectivity index (χ1v) is 8.31. The molecule has 0 spiro atoms. The number of amides is 1. The number of carbonyl (C=O) groups is 1. The van der Waals surface area contributed by atoms with Crippen LogP contribution >= 0.6 is 24.0 Å². The first kappa shape index (κ1) is 18.4. The molecule has 1 amide bonds. The van der Waals surface area contributed by atoms with Gasteiger partial charge in [-0.1, -0.05) is 11.6 Å². The van der Waals surface area contributed by atoms with E-state index in [1.54, 1.807) is 6.07 Å². The average molecular weight is 359 g/mol. The minimum absolute atomic E-state index is 0. The van der Waals surface area contributed by atoms with Gasteiger partial charge in [0.25, 0.3) is 5.91 Å². The van der Waals surface area contributed by atoms with Gasteiger partial charge in [-0.25, -0.2) is 0 Å². The largest absolute Gasteiger partial charge is 0.483 e. The Kier molecular flexibility index (Phi) is 6.18. The Bertz CT molecular complexity index is 556. The Morgan fingerprint density at radius 1 is 1.35 bits per heavy atom. The fourth-order valence-corrected chi connectivity index (χ4v) is 3.79. The van der Waals surface area contributed by atoms with E-state index in [1.165, 1.54) is 12.8 Å². The van der Waals surface area contributed by atoms with E-state index in [0.717, 1.165) is 24.2 Å². The molecule has 2 atom stereocenters. The number of ether oxygens (including phenoxy) is 1. The van der Waals surface area contributed by atoms with Crippen molar-refractivity contribution >= 4 is 29.9 Å². The van der Waals surface area contributed by atoms with Crippen molar-refractivity contribution in [1.29, 1.82) is 0 Å². The maximum atomic E-state index is 12.4. The number of aryl methyl sites for hydroxylation is 1. The lowest BCUT2D eigenvalue weighted by molar-refractivity contribution is -0.134. The summed E-state index contributed by atoms with van der Waals surface area (Å²) in [6, 6.07) is 6.94. The fraction of sp³-hybridized carbons (Fsp3) is 0.588. The molecule has 3 rings (SSSR count). The Hall–Kier alpha value is -0.970. The van der Waals surface area contributed by atoms with Crippen molar-refractivity contribution in [1.82, 2.24) is 10.2 Å². The number of piperidine rings is 1. The summed E-state index contributed by atoms with van der Waals surface area (Å²) in [7, 11) is 1.90. The third-order valence-electron chi connectivity index (χ3n) is 4.88. The summed E-state index contributed by atoms with van der Waals surface area (Å²) in [5.74, 6) is 0.761. The van der Waals surface area contributed by atoms with E-state index >= 15 is 0 Å². The zero-order valence-electron chi connectivity index (χ0n) is 13.5. The molecule has 1 aromatic carbocycles. The summed E-state index contributed by atoms with van der Waals surface area (Å²) in [5, 5.41) is 4.28. The number of nitrogens with one attached hydrogen (secondary N) is 1. The quantitative estimate of drug-likeness (QED) is 0.898. The van der Waals surface area contributed by atoms with Crippen molar-refractivity contribution in [2.45, 2.75) is 50.7 Å². The van der Waals surface area contributed by atoms with Crippen LogP contribution in [-0.4, -0.2) is 42.6 Å². The lowest BCUT2D eigenvalue weighted by Crippen LogP contribution is -2.49. The van der Waals surface area contributed by atoms with Gasteiger partial charge < -0.3 is 15.0 Å². The van der Waals surface area contributed by atoms with Crippen LogP contribution in [0.4, 0.5) is 0 Å². The van der Waals surface area contributed by atoms with E-state index in [-0.39, 0.29) is 24.9 Å². The van der Waals surface area contributed by atoms with Crippen LogP contribution in [0.25, 0.3) is 0 Å². The molecule has 0 aromatic heterocycles. The Labute approximate surface area is 148 Å². The third kappa shape index (κ3) is 4.31. The number of fused-ring (bicyclic) bond motifs is 2. The monoisotopic (exact) mass is 358 g/mol. The minimum Gasteiger partial charge on any atom is -0.483 e. The summed E-state index contributed by atoms with van der Waals surface area (Å²) in [5.41, 5.74) is 0.947. The van der Waals surface area contributed by atoms with Crippen molar-refractivity contribution in [3.8, 4) is 5.75 Å². The van der Waals surface area contributed by atoms with E-state index in [1.807, 2.05) is 31.0 Å². The second-order valence-electron chi connectivity index (χ2n) is 6.47. The van der Waals surface area contributed by atoms with Crippen LogP contribution in [0.15, 0.2) is 18.2 Å². The predicted octanol–water partition coefficient (Wildman–Crippen LogP) is 3.19. The molecule has 2 saturated heterocycles. The van der Waals surface area contributed by atoms with Crippen molar-refractivity contribution in [3.63, 3.8) is 0 Å². The second-order valence-corrected chi connectivity index (χ2v) is 6.90. The van der Waals surface area contributed by atoms with Gasteiger partial charge in [-0.15, -0.1) is 12.4 Å². The summed E-state index contributed by atoms with van der Waals surface area (Å²) < 4.78 is 5.67. The van der Waals surface area contributed by atoms with Crippen LogP contribution in [0.2, 0.25) is 5.02 Å². The normalized spacial score (nSPS) is 25.6. The number of rotatable bonds is 4. The predicted molar refractivity (Wildman–Crippen MR) is 94.7 cm³/mol. The van der Waals surface area contributed by atoms with Gasteiger partial charge in [-0.2, -0.15) is 0 Å². The van der Waals surface area contributed by atoms with E-state index < -0.39 is 0 Å². The van der Waals surface area contributed by atoms with Crippen LogP contribution in [-0.2, 0) is 4.79 Å². The number of hydrogen-bond acceptors (Lipinski definition) is 3. The SMILES string of the molecule is Cc1cc(Cl)ccc1OCC(=O)N(C)C1CC2CCC(C1)N2.Cl. The zero-order valence-corrected chi connectivity index (χ0v) is 15.1. The second kappa shape index (κ2) is 7.73. The van der Waals surface area contributed by atoms with Gasteiger partial charge in [-0.3, -0.25) is 4.79 Å². The molecule has 1 aromatic rings. The highest BCUT2D eigenvalue weighted by Gasteiger charge is 2.36. The Morgan fingerprint density at radius 3 is 2.61 bits per heavy atom. The van der Waals surface area contributed by atoms with E-state index in [4.69, 9.17) is 16.3 Å². The number of hydrogen-bond donors (Lipinski definition) is 1. The molecule has 2 heterocycles.